The summed E-state index contributed by atoms with van der Waals surface area (Å²) in [6.07, 6.45) is 4.25. The summed E-state index contributed by atoms with van der Waals surface area (Å²) in [6.45, 7) is 3.44. The van der Waals surface area contributed by atoms with Crippen molar-refractivity contribution in [1.29, 1.82) is 0 Å². The Morgan fingerprint density at radius 1 is 1.15 bits per heavy atom. The molecule has 1 aromatic rings. The second-order valence-corrected chi connectivity index (χ2v) is 1.26. The molecule has 0 fully saturated rings. The molecule has 0 amide bonds. The number of carbonyl (C=O) groups is 2. The summed E-state index contributed by atoms with van der Waals surface area (Å²) >= 11 is 0. The van der Waals surface area contributed by atoms with E-state index >= 15 is 0 Å². The zero-order valence-electron chi connectivity index (χ0n) is 7.64. The fourth-order valence-corrected chi connectivity index (χ4v) is 0.313. The van der Waals surface area contributed by atoms with Crippen molar-refractivity contribution >= 4 is 13.1 Å². The second kappa shape index (κ2) is 31.5. The minimum atomic E-state index is 0. The minimum absolute atomic E-state index is 0. The number of pyridine rings is 1. The van der Waals surface area contributed by atoms with Crippen LogP contribution in [-0.4, -0.2) is 23.5 Å². The van der Waals surface area contributed by atoms with Gasteiger partial charge in [-0.15, -0.1) is 0 Å². The van der Waals surface area contributed by atoms with Gasteiger partial charge in [0.05, 0.1) is 0 Å². The third kappa shape index (κ3) is 37.9. The van der Waals surface area contributed by atoms with E-state index in [9.17, 15) is 0 Å². The molecule has 0 saturated carbocycles. The van der Waals surface area contributed by atoms with Crippen LogP contribution in [0.5, 0.6) is 0 Å². The van der Waals surface area contributed by atoms with Gasteiger partial charge in [0, 0.05) is 12.4 Å². The molecule has 0 bridgehead atoms. The third-order valence-electron chi connectivity index (χ3n) is 0.566. The third-order valence-corrected chi connectivity index (χ3v) is 0.566. The van der Waals surface area contributed by atoms with E-state index in [1.165, 1.54) is 6.92 Å². The highest BCUT2D eigenvalue weighted by molar-refractivity contribution is 5.44. The number of nitrogens with zero attached hydrogens (tertiary/aromatic N) is 1. The van der Waals surface area contributed by atoms with Gasteiger partial charge in [-0.05, 0) is 19.1 Å². The molecule has 5 nitrogen and oxygen atoms in total. The van der Waals surface area contributed by atoms with Crippen LogP contribution in [0.25, 0.3) is 0 Å². The van der Waals surface area contributed by atoms with E-state index in [4.69, 9.17) is 9.59 Å². The molecule has 0 spiro atoms. The smallest absolute Gasteiger partial charge is 0.116 e. The molecule has 1 rings (SSSR count). The van der Waals surface area contributed by atoms with Gasteiger partial charge in [0.1, 0.15) is 13.1 Å². The molecule has 0 saturated heterocycles. The SMILES string of the molecule is C=O.CC=O.N.O.c1ccncc1. The van der Waals surface area contributed by atoms with Crippen LogP contribution in [0.3, 0.4) is 0 Å². The lowest BCUT2D eigenvalue weighted by Gasteiger charge is -1.70. The van der Waals surface area contributed by atoms with Crippen LogP contribution in [0.1, 0.15) is 6.92 Å². The number of carbonyl (C=O) groups excluding carboxylic acids is 2. The molecule has 0 radical (unpaired) electrons. The van der Waals surface area contributed by atoms with E-state index in [0.29, 0.717) is 0 Å². The van der Waals surface area contributed by atoms with Gasteiger partial charge in [-0.3, -0.25) is 4.98 Å². The number of hydrogen-bond acceptors (Lipinski definition) is 4. The van der Waals surface area contributed by atoms with Crippen molar-refractivity contribution < 1.29 is 15.1 Å². The Morgan fingerprint density at radius 2 is 1.46 bits per heavy atom. The highest BCUT2D eigenvalue weighted by Gasteiger charge is 1.58. The zero-order valence-corrected chi connectivity index (χ0v) is 7.64. The van der Waals surface area contributed by atoms with Gasteiger partial charge in [-0.1, -0.05) is 6.07 Å². The molecule has 0 aliphatic rings. The van der Waals surface area contributed by atoms with Crippen LogP contribution in [0, 0.1) is 0 Å². The van der Waals surface area contributed by atoms with Crippen LogP contribution in [-0.2, 0) is 9.59 Å². The van der Waals surface area contributed by atoms with Gasteiger partial charge in [0.2, 0.25) is 0 Å². The summed E-state index contributed by atoms with van der Waals surface area (Å²) in [5, 5.41) is 0. The maximum Gasteiger partial charge on any atom is 0.116 e. The van der Waals surface area contributed by atoms with E-state index in [-0.39, 0.29) is 11.6 Å². The van der Waals surface area contributed by atoms with Crippen LogP contribution in [0.2, 0.25) is 0 Å². The van der Waals surface area contributed by atoms with E-state index in [1.54, 1.807) is 12.4 Å². The highest BCUT2D eigenvalue weighted by atomic mass is 16.1. The van der Waals surface area contributed by atoms with Crippen molar-refractivity contribution in [1.82, 2.24) is 11.1 Å². The molecular formula is C8H16N2O3. The lowest BCUT2D eigenvalue weighted by molar-refractivity contribution is -0.106. The average molecular weight is 188 g/mol. The van der Waals surface area contributed by atoms with Crippen molar-refractivity contribution in [3.05, 3.63) is 30.6 Å². The molecule has 0 aliphatic heterocycles. The van der Waals surface area contributed by atoms with Crippen molar-refractivity contribution in [2.24, 2.45) is 0 Å². The van der Waals surface area contributed by atoms with Gasteiger partial charge in [-0.25, -0.2) is 0 Å². The molecule has 0 aliphatic carbocycles. The first-order valence-corrected chi connectivity index (χ1v) is 2.95. The Labute approximate surface area is 77.7 Å². The van der Waals surface area contributed by atoms with Crippen LogP contribution < -0.4 is 6.15 Å². The monoisotopic (exact) mass is 188 g/mol. The first-order valence-electron chi connectivity index (χ1n) is 2.95. The number of rotatable bonds is 0. The standard InChI is InChI=1S/C5H5N.C2H4O.CH2O.H3N.H2O/c1-2-4-6-5-3-1;1-2-3;1-2;;/h1-5H;2H,1H3;1H2;1H3;1H2. The Hall–Kier alpha value is -1.59. The van der Waals surface area contributed by atoms with Gasteiger partial charge in [-0.2, -0.15) is 0 Å². The molecule has 1 aromatic heterocycles. The molecule has 5 heteroatoms. The van der Waals surface area contributed by atoms with E-state index in [0.717, 1.165) is 6.29 Å². The summed E-state index contributed by atoms with van der Waals surface area (Å²) in [5.74, 6) is 0. The summed E-state index contributed by atoms with van der Waals surface area (Å²) in [4.78, 5) is 20.6. The Bertz CT molecular complexity index is 132. The Morgan fingerprint density at radius 3 is 1.54 bits per heavy atom. The predicted molar refractivity (Wildman–Crippen MR) is 51.7 cm³/mol. The van der Waals surface area contributed by atoms with Crippen molar-refractivity contribution in [3.63, 3.8) is 0 Å². The quantitative estimate of drug-likeness (QED) is 0.595. The molecule has 76 valence electrons. The Balaban J connectivity index is -0.0000000517. The summed E-state index contributed by atoms with van der Waals surface area (Å²) in [5.41, 5.74) is 0. The molecule has 1 heterocycles. The van der Waals surface area contributed by atoms with E-state index in [1.807, 2.05) is 25.0 Å². The fraction of sp³-hybridized carbons (Fsp3) is 0.125. The number of aromatic nitrogens is 1. The van der Waals surface area contributed by atoms with Gasteiger partial charge < -0.3 is 21.2 Å². The first-order chi connectivity index (χ1) is 5.41. The maximum atomic E-state index is 8.81. The Kier molecular flexibility index (Phi) is 54.6. The lowest BCUT2D eigenvalue weighted by atomic mass is 10.5. The van der Waals surface area contributed by atoms with Crippen LogP contribution in [0.15, 0.2) is 30.6 Å². The van der Waals surface area contributed by atoms with E-state index < -0.39 is 0 Å². The predicted octanol–water partition coefficient (Wildman–Crippen LogP) is 0.439. The maximum absolute atomic E-state index is 8.81. The highest BCUT2D eigenvalue weighted by Crippen LogP contribution is 1.73. The van der Waals surface area contributed by atoms with Crippen LogP contribution >= 0.6 is 0 Å². The van der Waals surface area contributed by atoms with Gasteiger partial charge in [0.25, 0.3) is 0 Å². The van der Waals surface area contributed by atoms with Crippen LogP contribution in [0.4, 0.5) is 0 Å². The van der Waals surface area contributed by atoms with Gasteiger partial charge in [0.15, 0.2) is 0 Å². The topological polar surface area (TPSA) is 114 Å². The first kappa shape index (κ1) is 22.5. The minimum Gasteiger partial charge on any atom is -0.412 e. The van der Waals surface area contributed by atoms with Gasteiger partial charge >= 0.3 is 0 Å². The molecule has 0 aromatic carbocycles. The largest absolute Gasteiger partial charge is 0.412 e. The molecule has 0 atom stereocenters. The van der Waals surface area contributed by atoms with Crippen molar-refractivity contribution in [2.75, 3.05) is 0 Å². The summed E-state index contributed by atoms with van der Waals surface area (Å²) in [7, 11) is 0. The number of hydrogen-bond donors (Lipinski definition) is 1. The molecule has 0 unspecified atom stereocenters. The summed E-state index contributed by atoms with van der Waals surface area (Å²) < 4.78 is 0. The number of aldehydes is 1. The average Bonchev–Trinajstić information content (AvgIpc) is 2.12. The fourth-order valence-electron chi connectivity index (χ4n) is 0.313. The summed E-state index contributed by atoms with van der Waals surface area (Å²) in [6, 6.07) is 5.72. The normalized spacial score (nSPS) is 5.00. The second-order valence-electron chi connectivity index (χ2n) is 1.26. The van der Waals surface area contributed by atoms with Crippen molar-refractivity contribution in [3.8, 4) is 0 Å². The molecule has 13 heavy (non-hydrogen) atoms. The lowest BCUT2D eigenvalue weighted by Crippen LogP contribution is -1.58. The zero-order chi connectivity index (χ0) is 8.95. The molecule has 5 N–H and O–H groups in total. The molecular weight excluding hydrogens is 172 g/mol. The van der Waals surface area contributed by atoms with Crippen molar-refractivity contribution in [2.45, 2.75) is 6.92 Å². The van der Waals surface area contributed by atoms with E-state index in [2.05, 4.69) is 4.98 Å².